The average Bonchev–Trinajstić information content (AvgIpc) is 3.76. The van der Waals surface area contributed by atoms with Crippen molar-refractivity contribution in [2.75, 3.05) is 4.90 Å². The molecule has 0 saturated carbocycles. The molecule has 12 rings (SSSR count). The van der Waals surface area contributed by atoms with Gasteiger partial charge in [-0.15, -0.1) is 0 Å². The number of nitrogens with zero attached hydrogens (tertiary/aromatic N) is 2. The van der Waals surface area contributed by atoms with Crippen LogP contribution in [0.1, 0.15) is 34.7 Å². The number of para-hydroxylation sites is 3. The van der Waals surface area contributed by atoms with Gasteiger partial charge < -0.3 is 9.47 Å². The maximum atomic E-state index is 2.52. The zero-order valence-corrected chi connectivity index (χ0v) is 31.7. The first-order chi connectivity index (χ1) is 28.3. The molecule has 0 amide bonds. The quantitative estimate of drug-likeness (QED) is 0.171. The fourth-order valence-electron chi connectivity index (χ4n) is 10.5. The van der Waals surface area contributed by atoms with Gasteiger partial charge in [-0.25, -0.2) is 0 Å². The summed E-state index contributed by atoms with van der Waals surface area (Å²) in [6.07, 6.45) is 0.951. The molecule has 57 heavy (non-hydrogen) atoms. The van der Waals surface area contributed by atoms with Crippen LogP contribution in [0.4, 0.5) is 17.1 Å². The molecule has 0 N–H and O–H groups in total. The van der Waals surface area contributed by atoms with Crippen LogP contribution in [-0.4, -0.2) is 4.57 Å². The van der Waals surface area contributed by atoms with Gasteiger partial charge in [0.05, 0.1) is 16.4 Å². The molecular weight excluding hydrogens is 689 g/mol. The normalized spacial score (nSPS) is 14.9. The number of rotatable bonds is 5. The molecule has 1 atom stereocenters. The lowest BCUT2D eigenvalue weighted by Crippen LogP contribution is -2.33. The fraction of sp³-hybridized carbons (Fsp3) is 0.0545. The molecule has 2 aliphatic rings. The topological polar surface area (TPSA) is 8.17 Å². The van der Waals surface area contributed by atoms with Gasteiger partial charge in [-0.3, -0.25) is 0 Å². The minimum atomic E-state index is -0.496. The van der Waals surface area contributed by atoms with Crippen LogP contribution >= 0.6 is 0 Å². The summed E-state index contributed by atoms with van der Waals surface area (Å²) in [7, 11) is 0. The summed E-state index contributed by atoms with van der Waals surface area (Å²) in [4.78, 5) is 2.45. The van der Waals surface area contributed by atoms with E-state index >= 15 is 0 Å². The van der Waals surface area contributed by atoms with Crippen LogP contribution in [0.25, 0.3) is 60.5 Å². The molecule has 2 heteroatoms. The van der Waals surface area contributed by atoms with Gasteiger partial charge in [0, 0.05) is 33.5 Å². The third-order valence-electron chi connectivity index (χ3n) is 12.7. The van der Waals surface area contributed by atoms with Gasteiger partial charge in [-0.2, -0.15) is 0 Å². The van der Waals surface area contributed by atoms with Crippen LogP contribution in [0, 0.1) is 0 Å². The van der Waals surface area contributed by atoms with Crippen molar-refractivity contribution >= 4 is 49.6 Å². The first-order valence-corrected chi connectivity index (χ1v) is 20.1. The maximum absolute atomic E-state index is 2.52. The Kier molecular flexibility index (Phi) is 6.86. The van der Waals surface area contributed by atoms with Crippen molar-refractivity contribution in [2.45, 2.75) is 18.8 Å². The fourth-order valence-corrected chi connectivity index (χ4v) is 10.5. The lowest BCUT2D eigenvalue weighted by Gasteiger charge is -2.41. The number of anilines is 3. The van der Waals surface area contributed by atoms with Gasteiger partial charge >= 0.3 is 0 Å². The Hall–Kier alpha value is -7.16. The largest absolute Gasteiger partial charge is 0.310 e. The molecule has 1 unspecified atom stereocenters. The van der Waals surface area contributed by atoms with Crippen LogP contribution in [-0.2, 0) is 11.8 Å². The molecule has 2 nitrogen and oxygen atoms in total. The second-order valence-electron chi connectivity index (χ2n) is 15.5. The molecule has 10 aromatic rings. The Bertz CT molecular complexity index is 3230. The summed E-state index contributed by atoms with van der Waals surface area (Å²) in [5.74, 6) is 0. The van der Waals surface area contributed by atoms with E-state index in [9.17, 15) is 0 Å². The molecule has 268 valence electrons. The number of aryl methyl sites for hydroxylation is 1. The molecule has 0 radical (unpaired) electrons. The van der Waals surface area contributed by atoms with Crippen molar-refractivity contribution in [1.82, 2.24) is 4.57 Å². The second-order valence-corrected chi connectivity index (χ2v) is 15.5. The average molecular weight is 727 g/mol. The van der Waals surface area contributed by atoms with E-state index in [2.05, 4.69) is 217 Å². The highest BCUT2D eigenvalue weighted by molar-refractivity contribution is 6.11. The predicted octanol–water partition coefficient (Wildman–Crippen LogP) is 14.3. The number of hydrogen-bond donors (Lipinski definition) is 0. The van der Waals surface area contributed by atoms with E-state index < -0.39 is 5.41 Å². The van der Waals surface area contributed by atoms with Gasteiger partial charge in [0.1, 0.15) is 0 Å². The molecule has 1 heterocycles. The number of aromatic nitrogens is 1. The van der Waals surface area contributed by atoms with E-state index in [1.54, 1.807) is 0 Å². The van der Waals surface area contributed by atoms with Crippen molar-refractivity contribution in [3.63, 3.8) is 0 Å². The zero-order chi connectivity index (χ0) is 37.7. The van der Waals surface area contributed by atoms with Crippen LogP contribution in [0.15, 0.2) is 200 Å². The monoisotopic (exact) mass is 726 g/mol. The van der Waals surface area contributed by atoms with Crippen LogP contribution < -0.4 is 4.90 Å². The molecular formula is C55H38N2. The molecule has 1 spiro atoms. The first kappa shape index (κ1) is 32.1. The van der Waals surface area contributed by atoms with Gasteiger partial charge in [0.25, 0.3) is 0 Å². The Morgan fingerprint density at radius 2 is 1.05 bits per heavy atom. The van der Waals surface area contributed by atoms with Gasteiger partial charge in [-0.05, 0) is 122 Å². The minimum Gasteiger partial charge on any atom is -0.310 e. The van der Waals surface area contributed by atoms with Crippen molar-refractivity contribution in [3.05, 3.63) is 228 Å². The molecule has 0 fully saturated rings. The lowest BCUT2D eigenvalue weighted by atomic mass is 9.60. The first-order valence-electron chi connectivity index (χ1n) is 20.1. The van der Waals surface area contributed by atoms with E-state index in [0.717, 1.165) is 29.2 Å². The molecule has 1 aromatic heterocycles. The Morgan fingerprint density at radius 3 is 1.84 bits per heavy atom. The minimum absolute atomic E-state index is 0.496. The Labute approximate surface area is 332 Å². The number of benzene rings is 9. The van der Waals surface area contributed by atoms with Crippen molar-refractivity contribution < 1.29 is 0 Å². The lowest BCUT2D eigenvalue weighted by molar-refractivity contribution is 0.759. The SMILES string of the molecule is CCc1ccc2cccc3c2c1C1(c2ccccc2-c2ccc(N(c4ccccc4)c4ccc5c6ccccc6n(-c6ccccc6)c5c4)cc21)c1ccccc1-3. The van der Waals surface area contributed by atoms with Crippen LogP contribution in [0.5, 0.6) is 0 Å². The summed E-state index contributed by atoms with van der Waals surface area (Å²) in [6.45, 7) is 2.31. The molecule has 0 saturated heterocycles. The van der Waals surface area contributed by atoms with Gasteiger partial charge in [0.2, 0.25) is 0 Å². The van der Waals surface area contributed by atoms with Gasteiger partial charge in [0.15, 0.2) is 0 Å². The van der Waals surface area contributed by atoms with Crippen LogP contribution in [0.2, 0.25) is 0 Å². The van der Waals surface area contributed by atoms with E-state index in [1.807, 2.05) is 0 Å². The third kappa shape index (κ3) is 4.36. The van der Waals surface area contributed by atoms with Crippen molar-refractivity contribution in [2.24, 2.45) is 0 Å². The highest BCUT2D eigenvalue weighted by Gasteiger charge is 2.51. The summed E-state index contributed by atoms with van der Waals surface area (Å²) >= 11 is 0. The third-order valence-corrected chi connectivity index (χ3v) is 12.7. The highest BCUT2D eigenvalue weighted by atomic mass is 15.1. The van der Waals surface area contributed by atoms with Gasteiger partial charge in [-0.1, -0.05) is 153 Å². The number of fused-ring (bicyclic) bond motifs is 12. The Balaban J connectivity index is 1.17. The number of hydrogen-bond acceptors (Lipinski definition) is 1. The Morgan fingerprint density at radius 1 is 0.439 bits per heavy atom. The smallest absolute Gasteiger partial charge is 0.0729 e. The van der Waals surface area contributed by atoms with E-state index in [-0.39, 0.29) is 0 Å². The molecule has 2 aliphatic carbocycles. The second kappa shape index (κ2) is 12.2. The summed E-state index contributed by atoms with van der Waals surface area (Å²) < 4.78 is 2.41. The maximum Gasteiger partial charge on any atom is 0.0729 e. The molecule has 0 bridgehead atoms. The molecule has 0 aliphatic heterocycles. The molecule has 9 aromatic carbocycles. The standard InChI is InChI=1S/C55H38N2/c1-2-36-28-29-37-16-15-24-47-43-22-10-13-26-49(43)55(54(36)53(37)47)48-25-12-9-21-42(48)44-32-30-40(34-50(44)55)56(38-17-5-3-6-18-38)41-31-33-46-45-23-11-14-27-51(45)57(52(46)35-41)39-19-7-4-8-20-39/h3-35H,2H2,1H3. The van der Waals surface area contributed by atoms with E-state index in [1.165, 1.54) is 82.6 Å². The zero-order valence-electron chi connectivity index (χ0n) is 31.7. The summed E-state index contributed by atoms with van der Waals surface area (Å²) in [6, 6.07) is 74.6. The van der Waals surface area contributed by atoms with Crippen molar-refractivity contribution in [1.29, 1.82) is 0 Å². The summed E-state index contributed by atoms with van der Waals surface area (Å²) in [5.41, 5.74) is 18.6. The van der Waals surface area contributed by atoms with E-state index in [0.29, 0.717) is 0 Å². The van der Waals surface area contributed by atoms with Crippen LogP contribution in [0.3, 0.4) is 0 Å². The highest BCUT2D eigenvalue weighted by Crippen LogP contribution is 2.63. The predicted molar refractivity (Wildman–Crippen MR) is 239 cm³/mol. The van der Waals surface area contributed by atoms with Crippen molar-refractivity contribution in [3.8, 4) is 27.9 Å². The summed E-state index contributed by atoms with van der Waals surface area (Å²) in [5, 5.41) is 5.17. The van der Waals surface area contributed by atoms with E-state index in [4.69, 9.17) is 0 Å².